The number of hydrogen-bond acceptors (Lipinski definition) is 1. The topological polar surface area (TPSA) is 13.1 Å². The van der Waals surface area contributed by atoms with Gasteiger partial charge in [-0.3, -0.25) is 0 Å². The lowest BCUT2D eigenvalue weighted by atomic mass is 9.96. The highest BCUT2D eigenvalue weighted by atomic mass is 16.3. The Labute approximate surface area is 126 Å². The van der Waals surface area contributed by atoms with Crippen LogP contribution in [0.2, 0.25) is 0 Å². The molecule has 0 N–H and O–H groups in total. The third-order valence-corrected chi connectivity index (χ3v) is 4.26. The standard InChI is InChI=1S/C20H22O/c1-15-14-16(2)19-12-13-21-20(19)18(15)11-7-6-10-17-8-4-3-5-9-17/h3-5,8-9,12-14H,6-7,10-11H2,1-2H3. The second-order valence-electron chi connectivity index (χ2n) is 5.85. The fraction of sp³-hybridized carbons (Fsp3) is 0.300. The van der Waals surface area contributed by atoms with Crippen LogP contribution in [0.1, 0.15) is 35.1 Å². The second kappa shape index (κ2) is 6.17. The van der Waals surface area contributed by atoms with Crippen molar-refractivity contribution in [3.63, 3.8) is 0 Å². The molecule has 1 aromatic heterocycles. The van der Waals surface area contributed by atoms with E-state index < -0.39 is 0 Å². The third-order valence-electron chi connectivity index (χ3n) is 4.26. The van der Waals surface area contributed by atoms with Gasteiger partial charge in [0.25, 0.3) is 0 Å². The molecule has 3 rings (SSSR count). The van der Waals surface area contributed by atoms with Crippen molar-refractivity contribution in [2.75, 3.05) is 0 Å². The van der Waals surface area contributed by atoms with Crippen LogP contribution in [-0.4, -0.2) is 0 Å². The van der Waals surface area contributed by atoms with Gasteiger partial charge in [-0.25, -0.2) is 0 Å². The minimum absolute atomic E-state index is 1.09. The van der Waals surface area contributed by atoms with Gasteiger partial charge in [0.05, 0.1) is 6.26 Å². The first-order valence-corrected chi connectivity index (χ1v) is 7.76. The van der Waals surface area contributed by atoms with Crippen LogP contribution >= 0.6 is 0 Å². The van der Waals surface area contributed by atoms with E-state index >= 15 is 0 Å². The predicted molar refractivity (Wildman–Crippen MR) is 88.8 cm³/mol. The molecule has 0 bridgehead atoms. The van der Waals surface area contributed by atoms with Crippen LogP contribution in [0.15, 0.2) is 53.1 Å². The lowest BCUT2D eigenvalue weighted by molar-refractivity contribution is 0.607. The maximum absolute atomic E-state index is 5.73. The van der Waals surface area contributed by atoms with Gasteiger partial charge in [-0.15, -0.1) is 0 Å². The Bertz CT molecular complexity index is 722. The molecule has 1 heteroatoms. The Morgan fingerprint density at radius 3 is 2.43 bits per heavy atom. The average molecular weight is 278 g/mol. The first-order valence-electron chi connectivity index (χ1n) is 7.76. The van der Waals surface area contributed by atoms with Gasteiger partial charge in [0.2, 0.25) is 0 Å². The molecule has 0 radical (unpaired) electrons. The van der Waals surface area contributed by atoms with Gasteiger partial charge in [-0.1, -0.05) is 36.4 Å². The molecule has 21 heavy (non-hydrogen) atoms. The highest BCUT2D eigenvalue weighted by molar-refractivity contribution is 5.84. The normalized spacial score (nSPS) is 11.1. The zero-order valence-electron chi connectivity index (χ0n) is 12.9. The van der Waals surface area contributed by atoms with E-state index in [1.807, 2.05) is 6.26 Å². The van der Waals surface area contributed by atoms with Crippen LogP contribution in [0.5, 0.6) is 0 Å². The molecule has 0 spiro atoms. The molecular weight excluding hydrogens is 256 g/mol. The van der Waals surface area contributed by atoms with Crippen LogP contribution in [0, 0.1) is 13.8 Å². The summed E-state index contributed by atoms with van der Waals surface area (Å²) >= 11 is 0. The van der Waals surface area contributed by atoms with Gasteiger partial charge in [-0.05, 0) is 67.9 Å². The van der Waals surface area contributed by atoms with Gasteiger partial charge in [0.15, 0.2) is 0 Å². The molecule has 0 saturated heterocycles. The van der Waals surface area contributed by atoms with E-state index in [2.05, 4.69) is 56.3 Å². The highest BCUT2D eigenvalue weighted by Gasteiger charge is 2.10. The molecule has 0 aliphatic rings. The van der Waals surface area contributed by atoms with Crippen molar-refractivity contribution in [3.05, 3.63) is 71.0 Å². The summed E-state index contributed by atoms with van der Waals surface area (Å²) in [4.78, 5) is 0. The minimum atomic E-state index is 1.09. The van der Waals surface area contributed by atoms with E-state index in [9.17, 15) is 0 Å². The maximum Gasteiger partial charge on any atom is 0.137 e. The van der Waals surface area contributed by atoms with Gasteiger partial charge in [0.1, 0.15) is 5.58 Å². The fourth-order valence-corrected chi connectivity index (χ4v) is 3.11. The van der Waals surface area contributed by atoms with Gasteiger partial charge in [-0.2, -0.15) is 0 Å². The number of fused-ring (bicyclic) bond motifs is 1. The summed E-state index contributed by atoms with van der Waals surface area (Å²) in [5.41, 5.74) is 6.57. The number of unbranched alkanes of at least 4 members (excludes halogenated alkanes) is 1. The predicted octanol–water partition coefficient (Wildman–Crippen LogP) is 5.62. The van der Waals surface area contributed by atoms with Crippen molar-refractivity contribution < 1.29 is 4.42 Å². The zero-order chi connectivity index (χ0) is 14.7. The van der Waals surface area contributed by atoms with Crippen molar-refractivity contribution in [1.29, 1.82) is 0 Å². The van der Waals surface area contributed by atoms with E-state index in [0.717, 1.165) is 18.4 Å². The van der Waals surface area contributed by atoms with E-state index in [0.29, 0.717) is 0 Å². The molecule has 2 aromatic carbocycles. The SMILES string of the molecule is Cc1cc(C)c2ccoc2c1CCCCc1ccccc1. The van der Waals surface area contributed by atoms with E-state index in [1.54, 1.807) is 0 Å². The number of hydrogen-bond donors (Lipinski definition) is 0. The van der Waals surface area contributed by atoms with E-state index in [4.69, 9.17) is 4.42 Å². The molecule has 0 aliphatic heterocycles. The van der Waals surface area contributed by atoms with Gasteiger partial charge >= 0.3 is 0 Å². The minimum Gasteiger partial charge on any atom is -0.464 e. The number of aryl methyl sites for hydroxylation is 4. The van der Waals surface area contributed by atoms with Crippen LogP contribution in [0.3, 0.4) is 0 Å². The molecule has 0 amide bonds. The zero-order valence-corrected chi connectivity index (χ0v) is 12.9. The van der Waals surface area contributed by atoms with Crippen molar-refractivity contribution in [3.8, 4) is 0 Å². The second-order valence-corrected chi connectivity index (χ2v) is 5.85. The summed E-state index contributed by atoms with van der Waals surface area (Å²) in [6.07, 6.45) is 6.49. The summed E-state index contributed by atoms with van der Waals surface area (Å²) in [6.45, 7) is 4.35. The van der Waals surface area contributed by atoms with E-state index in [1.165, 1.54) is 40.5 Å². The van der Waals surface area contributed by atoms with Crippen LogP contribution in [0.25, 0.3) is 11.0 Å². The van der Waals surface area contributed by atoms with E-state index in [-0.39, 0.29) is 0 Å². The number of furan rings is 1. The summed E-state index contributed by atoms with van der Waals surface area (Å²) in [5.74, 6) is 0. The number of benzene rings is 2. The molecule has 0 aliphatic carbocycles. The van der Waals surface area contributed by atoms with Crippen molar-refractivity contribution in [2.24, 2.45) is 0 Å². The Hall–Kier alpha value is -2.02. The molecular formula is C20H22O. The molecule has 0 saturated carbocycles. The Morgan fingerprint density at radius 1 is 0.857 bits per heavy atom. The molecule has 3 aromatic rings. The maximum atomic E-state index is 5.73. The Kier molecular flexibility index (Phi) is 4.10. The summed E-state index contributed by atoms with van der Waals surface area (Å²) in [6, 6.07) is 15.1. The Balaban J connectivity index is 1.67. The van der Waals surface area contributed by atoms with Crippen LogP contribution < -0.4 is 0 Å². The fourth-order valence-electron chi connectivity index (χ4n) is 3.11. The summed E-state index contributed by atoms with van der Waals surface area (Å²) in [5, 5.41) is 1.26. The van der Waals surface area contributed by atoms with Gasteiger partial charge < -0.3 is 4.42 Å². The molecule has 1 nitrogen and oxygen atoms in total. The molecule has 1 heterocycles. The quantitative estimate of drug-likeness (QED) is 0.552. The lowest BCUT2D eigenvalue weighted by Gasteiger charge is -2.09. The Morgan fingerprint density at radius 2 is 1.62 bits per heavy atom. The van der Waals surface area contributed by atoms with Crippen LogP contribution in [0.4, 0.5) is 0 Å². The first-order chi connectivity index (χ1) is 10.3. The van der Waals surface area contributed by atoms with Crippen molar-refractivity contribution >= 4 is 11.0 Å². The first kappa shape index (κ1) is 13.9. The molecule has 108 valence electrons. The van der Waals surface area contributed by atoms with Gasteiger partial charge in [0, 0.05) is 5.39 Å². The average Bonchev–Trinajstić information content (AvgIpc) is 2.97. The summed E-state index contributed by atoms with van der Waals surface area (Å²) in [7, 11) is 0. The van der Waals surface area contributed by atoms with Crippen LogP contribution in [-0.2, 0) is 12.8 Å². The van der Waals surface area contributed by atoms with Crippen molar-refractivity contribution in [1.82, 2.24) is 0 Å². The molecule has 0 fully saturated rings. The number of rotatable bonds is 5. The third kappa shape index (κ3) is 3.02. The summed E-state index contributed by atoms with van der Waals surface area (Å²) < 4.78 is 5.73. The smallest absolute Gasteiger partial charge is 0.137 e. The van der Waals surface area contributed by atoms with Crippen molar-refractivity contribution in [2.45, 2.75) is 39.5 Å². The monoisotopic (exact) mass is 278 g/mol. The highest BCUT2D eigenvalue weighted by Crippen LogP contribution is 2.28. The molecule has 0 unspecified atom stereocenters. The lowest BCUT2D eigenvalue weighted by Crippen LogP contribution is -1.94. The largest absolute Gasteiger partial charge is 0.464 e. The molecule has 0 atom stereocenters.